The molecule has 124 valence electrons. The number of thiophene rings is 1. The maximum absolute atomic E-state index is 12.1. The predicted octanol–water partition coefficient (Wildman–Crippen LogP) is 2.00. The molecule has 1 N–H and O–H groups in total. The molecule has 2 heterocycles. The van der Waals surface area contributed by atoms with E-state index in [4.69, 9.17) is 0 Å². The summed E-state index contributed by atoms with van der Waals surface area (Å²) in [6.45, 7) is 3.01. The summed E-state index contributed by atoms with van der Waals surface area (Å²) >= 11 is 1.58. The Morgan fingerprint density at radius 2 is 2.14 bits per heavy atom. The molecular formula is C15H24N2O3S2. The van der Waals surface area contributed by atoms with Gasteiger partial charge in [0.25, 0.3) is 0 Å². The summed E-state index contributed by atoms with van der Waals surface area (Å²) in [5.74, 6) is 0.258. The van der Waals surface area contributed by atoms with E-state index in [0.29, 0.717) is 38.8 Å². The molecule has 0 radical (unpaired) electrons. The van der Waals surface area contributed by atoms with Crippen LogP contribution in [0.2, 0.25) is 0 Å². The summed E-state index contributed by atoms with van der Waals surface area (Å²) in [6.07, 6.45) is 3.39. The van der Waals surface area contributed by atoms with E-state index >= 15 is 0 Å². The molecule has 1 aliphatic heterocycles. The van der Waals surface area contributed by atoms with Gasteiger partial charge >= 0.3 is 0 Å². The summed E-state index contributed by atoms with van der Waals surface area (Å²) in [5, 5.41) is 4.98. The molecule has 1 aromatic rings. The zero-order valence-electron chi connectivity index (χ0n) is 13.0. The molecule has 5 nitrogen and oxygen atoms in total. The molecule has 1 aliphatic rings. The number of nitrogens with one attached hydrogen (secondary N) is 1. The van der Waals surface area contributed by atoms with Gasteiger partial charge < -0.3 is 5.32 Å². The third kappa shape index (κ3) is 5.07. The smallest absolute Gasteiger partial charge is 0.225 e. The Kier molecular flexibility index (Phi) is 6.40. The quantitative estimate of drug-likeness (QED) is 0.823. The Balaban J connectivity index is 1.76. The van der Waals surface area contributed by atoms with Crippen molar-refractivity contribution >= 4 is 27.3 Å². The van der Waals surface area contributed by atoms with Crippen LogP contribution in [0.15, 0.2) is 17.5 Å². The van der Waals surface area contributed by atoms with Gasteiger partial charge in [0.15, 0.2) is 0 Å². The first kappa shape index (κ1) is 17.4. The fourth-order valence-electron chi connectivity index (χ4n) is 2.58. The van der Waals surface area contributed by atoms with Crippen molar-refractivity contribution < 1.29 is 13.2 Å². The molecule has 2 rings (SSSR count). The number of carbonyl (C=O) groups is 1. The van der Waals surface area contributed by atoms with Crippen LogP contribution in [0.25, 0.3) is 0 Å². The van der Waals surface area contributed by atoms with Gasteiger partial charge in [-0.1, -0.05) is 19.4 Å². The topological polar surface area (TPSA) is 66.5 Å². The number of hydrogen-bond donors (Lipinski definition) is 1. The summed E-state index contributed by atoms with van der Waals surface area (Å²) in [6, 6.07) is 3.98. The molecule has 1 amide bonds. The van der Waals surface area contributed by atoms with Gasteiger partial charge in [0.05, 0.1) is 12.2 Å². The number of amides is 1. The molecule has 0 atom stereocenters. The van der Waals surface area contributed by atoms with Crippen LogP contribution in [0.4, 0.5) is 0 Å². The summed E-state index contributed by atoms with van der Waals surface area (Å²) < 4.78 is 25.8. The molecule has 1 aromatic heterocycles. The second-order valence-corrected chi connectivity index (χ2v) is 8.79. The maximum atomic E-state index is 12.1. The number of unbranched alkanes of at least 4 members (excludes halogenated alkanes) is 1. The van der Waals surface area contributed by atoms with Gasteiger partial charge in [-0.05, 0) is 30.7 Å². The summed E-state index contributed by atoms with van der Waals surface area (Å²) in [4.78, 5) is 13.0. The van der Waals surface area contributed by atoms with E-state index in [0.717, 1.165) is 11.3 Å². The number of rotatable bonds is 7. The first-order valence-electron chi connectivity index (χ1n) is 7.81. The number of nitrogens with zero attached hydrogens (tertiary/aromatic N) is 1. The molecular weight excluding hydrogens is 320 g/mol. The molecule has 0 spiro atoms. The van der Waals surface area contributed by atoms with E-state index in [1.54, 1.807) is 15.6 Å². The molecule has 0 aromatic carbocycles. The van der Waals surface area contributed by atoms with Crippen LogP contribution in [-0.4, -0.2) is 43.5 Å². The molecule has 0 saturated carbocycles. The zero-order chi connectivity index (χ0) is 16.0. The second-order valence-electron chi connectivity index (χ2n) is 5.67. The minimum atomic E-state index is -3.12. The summed E-state index contributed by atoms with van der Waals surface area (Å²) in [5.41, 5.74) is 0. The zero-order valence-corrected chi connectivity index (χ0v) is 14.6. The Morgan fingerprint density at radius 3 is 2.73 bits per heavy atom. The lowest BCUT2D eigenvalue weighted by Gasteiger charge is -2.31. The van der Waals surface area contributed by atoms with Gasteiger partial charge in [-0.3, -0.25) is 4.79 Å². The van der Waals surface area contributed by atoms with Crippen LogP contribution in [-0.2, 0) is 21.2 Å². The molecule has 7 heteroatoms. The van der Waals surface area contributed by atoms with Crippen molar-refractivity contribution in [3.8, 4) is 0 Å². The lowest BCUT2D eigenvalue weighted by molar-refractivity contribution is -0.121. The van der Waals surface area contributed by atoms with Crippen molar-refractivity contribution in [1.82, 2.24) is 9.62 Å². The van der Waals surface area contributed by atoms with Gasteiger partial charge in [0, 0.05) is 24.0 Å². The van der Waals surface area contributed by atoms with E-state index < -0.39 is 10.0 Å². The van der Waals surface area contributed by atoms with Crippen LogP contribution in [0.5, 0.6) is 0 Å². The molecule has 0 aliphatic carbocycles. The monoisotopic (exact) mass is 344 g/mol. The van der Waals surface area contributed by atoms with Crippen LogP contribution in [0.3, 0.4) is 0 Å². The van der Waals surface area contributed by atoms with Crippen LogP contribution < -0.4 is 5.32 Å². The van der Waals surface area contributed by atoms with Crippen LogP contribution in [0, 0.1) is 0 Å². The van der Waals surface area contributed by atoms with E-state index in [-0.39, 0.29) is 17.7 Å². The Morgan fingerprint density at radius 1 is 1.41 bits per heavy atom. The minimum Gasteiger partial charge on any atom is -0.353 e. The fraction of sp³-hybridized carbons (Fsp3) is 0.667. The van der Waals surface area contributed by atoms with Crippen LogP contribution >= 0.6 is 11.3 Å². The standard InChI is InChI=1S/C15H24N2O3S2/c1-2-3-11-22(19,20)17-8-6-13(7-9-17)16-15(18)12-14-5-4-10-21-14/h4-5,10,13H,2-3,6-9,11-12H2,1H3,(H,16,18). The van der Waals surface area contributed by atoms with E-state index in [2.05, 4.69) is 5.32 Å². The SMILES string of the molecule is CCCCS(=O)(=O)N1CCC(NC(=O)Cc2cccs2)CC1. The highest BCUT2D eigenvalue weighted by Crippen LogP contribution is 2.16. The Bertz CT molecular complexity index is 562. The third-order valence-corrected chi connectivity index (χ3v) is 6.72. The van der Waals surface area contributed by atoms with Gasteiger partial charge in [0.1, 0.15) is 0 Å². The van der Waals surface area contributed by atoms with E-state index in [9.17, 15) is 13.2 Å². The molecule has 1 fully saturated rings. The van der Waals surface area contributed by atoms with Gasteiger partial charge in [-0.25, -0.2) is 12.7 Å². The van der Waals surface area contributed by atoms with Gasteiger partial charge in [-0.2, -0.15) is 0 Å². The van der Waals surface area contributed by atoms with E-state index in [1.165, 1.54) is 0 Å². The predicted molar refractivity (Wildman–Crippen MR) is 89.5 cm³/mol. The highest BCUT2D eigenvalue weighted by molar-refractivity contribution is 7.89. The largest absolute Gasteiger partial charge is 0.353 e. The van der Waals surface area contributed by atoms with E-state index in [1.807, 2.05) is 24.4 Å². The lowest BCUT2D eigenvalue weighted by Crippen LogP contribution is -2.47. The molecule has 0 unspecified atom stereocenters. The average molecular weight is 345 g/mol. The van der Waals surface area contributed by atoms with Gasteiger partial charge in [-0.15, -0.1) is 11.3 Å². The first-order valence-corrected chi connectivity index (χ1v) is 10.3. The highest BCUT2D eigenvalue weighted by Gasteiger charge is 2.28. The normalized spacial score (nSPS) is 17.5. The molecule has 22 heavy (non-hydrogen) atoms. The average Bonchev–Trinajstić information content (AvgIpc) is 2.98. The van der Waals surface area contributed by atoms with Crippen molar-refractivity contribution in [2.75, 3.05) is 18.8 Å². The number of hydrogen-bond acceptors (Lipinski definition) is 4. The van der Waals surface area contributed by atoms with Crippen LogP contribution in [0.1, 0.15) is 37.5 Å². The third-order valence-electron chi connectivity index (χ3n) is 3.88. The summed E-state index contributed by atoms with van der Waals surface area (Å²) in [7, 11) is -3.12. The molecule has 1 saturated heterocycles. The maximum Gasteiger partial charge on any atom is 0.225 e. The highest BCUT2D eigenvalue weighted by atomic mass is 32.2. The minimum absolute atomic E-state index is 0.0229. The fourth-order valence-corrected chi connectivity index (χ4v) is 4.97. The first-order chi connectivity index (χ1) is 10.5. The Labute approximate surface area is 136 Å². The van der Waals surface area contributed by atoms with Gasteiger partial charge in [0.2, 0.25) is 15.9 Å². The number of carbonyl (C=O) groups excluding carboxylic acids is 1. The van der Waals surface area contributed by atoms with Crippen molar-refractivity contribution in [1.29, 1.82) is 0 Å². The lowest BCUT2D eigenvalue weighted by atomic mass is 10.1. The number of sulfonamides is 1. The van der Waals surface area contributed by atoms with Crippen molar-refractivity contribution in [3.63, 3.8) is 0 Å². The Hall–Kier alpha value is -0.920. The van der Waals surface area contributed by atoms with Crippen molar-refractivity contribution in [3.05, 3.63) is 22.4 Å². The van der Waals surface area contributed by atoms with Crippen molar-refractivity contribution in [2.45, 2.75) is 45.1 Å². The van der Waals surface area contributed by atoms with Crippen molar-refractivity contribution in [2.24, 2.45) is 0 Å². The second kappa shape index (κ2) is 8.08. The molecule has 0 bridgehead atoms. The number of piperidine rings is 1.